The van der Waals surface area contributed by atoms with E-state index >= 15 is 0 Å². The molecule has 0 spiro atoms. The Bertz CT molecular complexity index is 873. The van der Waals surface area contributed by atoms with Crippen LogP contribution in [-0.2, 0) is 14.8 Å². The number of ether oxygens (including phenoxy) is 1. The average molecular weight is 422 g/mol. The molecule has 23 heavy (non-hydrogen) atoms. The summed E-state index contributed by atoms with van der Waals surface area (Å²) >= 11 is 8.81. The van der Waals surface area contributed by atoms with E-state index in [2.05, 4.69) is 30.4 Å². The Balaban J connectivity index is 2.32. The van der Waals surface area contributed by atoms with Crippen molar-refractivity contribution in [3.05, 3.63) is 45.7 Å². The lowest BCUT2D eigenvalue weighted by Gasteiger charge is -2.10. The zero-order valence-electron chi connectivity index (χ0n) is 11.6. The van der Waals surface area contributed by atoms with Crippen LogP contribution < -0.4 is 4.72 Å². The van der Waals surface area contributed by atoms with Crippen LogP contribution in [0.25, 0.3) is 0 Å². The minimum absolute atomic E-state index is 0.0706. The Morgan fingerprint density at radius 3 is 2.65 bits per heavy atom. The monoisotopic (exact) mass is 420 g/mol. The minimum Gasteiger partial charge on any atom is -0.507 e. The van der Waals surface area contributed by atoms with Crippen molar-refractivity contribution in [2.45, 2.75) is 4.90 Å². The molecule has 10 heteroatoms. The molecule has 0 amide bonds. The first kappa shape index (κ1) is 17.5. The van der Waals surface area contributed by atoms with E-state index in [4.69, 9.17) is 11.6 Å². The smallest absolute Gasteiger partial charge is 0.341 e. The molecular formula is C13H10BrClN2O5S. The van der Waals surface area contributed by atoms with Gasteiger partial charge in [0.05, 0.1) is 17.3 Å². The van der Waals surface area contributed by atoms with Crippen LogP contribution in [-0.4, -0.2) is 31.6 Å². The fraction of sp³-hybridized carbons (Fsp3) is 0.0769. The molecule has 0 aliphatic heterocycles. The standard InChI is InChI=1S/C13H10BrClN2O5S/c1-22-13(19)9-3-2-7(4-11(9)18)17-23(20,21)8-5-10(14)12(15)16-6-8/h2-6,17-18H,1H3. The van der Waals surface area contributed by atoms with Crippen molar-refractivity contribution in [1.82, 2.24) is 4.98 Å². The second kappa shape index (κ2) is 6.73. The number of hydrogen-bond acceptors (Lipinski definition) is 6. The molecule has 0 saturated heterocycles. The summed E-state index contributed by atoms with van der Waals surface area (Å²) in [5, 5.41) is 9.90. The van der Waals surface area contributed by atoms with Gasteiger partial charge in [-0.15, -0.1) is 0 Å². The molecule has 2 N–H and O–H groups in total. The maximum atomic E-state index is 12.3. The number of phenolic OH excluding ortho intramolecular Hbond substituents is 1. The highest BCUT2D eigenvalue weighted by molar-refractivity contribution is 9.10. The highest BCUT2D eigenvalue weighted by Crippen LogP contribution is 2.26. The zero-order chi connectivity index (χ0) is 17.2. The van der Waals surface area contributed by atoms with Crippen molar-refractivity contribution >= 4 is 49.2 Å². The van der Waals surface area contributed by atoms with Crippen molar-refractivity contribution in [2.75, 3.05) is 11.8 Å². The van der Waals surface area contributed by atoms with Crippen LogP contribution in [0.5, 0.6) is 5.75 Å². The summed E-state index contributed by atoms with van der Waals surface area (Å²) in [5.41, 5.74) is -0.00687. The van der Waals surface area contributed by atoms with Gasteiger partial charge < -0.3 is 9.84 Å². The zero-order valence-corrected chi connectivity index (χ0v) is 14.7. The van der Waals surface area contributed by atoms with Gasteiger partial charge in [-0.2, -0.15) is 0 Å². The Morgan fingerprint density at radius 1 is 1.39 bits per heavy atom. The number of nitrogens with one attached hydrogen (secondary N) is 1. The molecule has 122 valence electrons. The summed E-state index contributed by atoms with van der Waals surface area (Å²) in [6.45, 7) is 0. The van der Waals surface area contributed by atoms with E-state index in [9.17, 15) is 18.3 Å². The normalized spacial score (nSPS) is 11.1. The second-order valence-corrected chi connectivity index (χ2v) is 7.17. The summed E-state index contributed by atoms with van der Waals surface area (Å²) in [7, 11) is -2.77. The molecule has 1 heterocycles. The highest BCUT2D eigenvalue weighted by Gasteiger charge is 2.18. The highest BCUT2D eigenvalue weighted by atomic mass is 79.9. The molecule has 0 atom stereocenters. The van der Waals surface area contributed by atoms with E-state index in [-0.39, 0.29) is 21.3 Å². The van der Waals surface area contributed by atoms with Crippen LogP contribution in [0.4, 0.5) is 5.69 Å². The molecule has 1 aromatic carbocycles. The number of benzene rings is 1. The van der Waals surface area contributed by atoms with Gasteiger partial charge >= 0.3 is 5.97 Å². The van der Waals surface area contributed by atoms with E-state index in [0.717, 1.165) is 12.3 Å². The van der Waals surface area contributed by atoms with E-state index in [1.54, 1.807) is 0 Å². The number of rotatable bonds is 4. The van der Waals surface area contributed by atoms with Gasteiger partial charge in [0, 0.05) is 12.3 Å². The van der Waals surface area contributed by atoms with Gasteiger partial charge in [-0.05, 0) is 34.1 Å². The van der Waals surface area contributed by atoms with Crippen molar-refractivity contribution in [3.63, 3.8) is 0 Å². The van der Waals surface area contributed by atoms with E-state index < -0.39 is 21.7 Å². The Hall–Kier alpha value is -1.84. The van der Waals surface area contributed by atoms with Crippen molar-refractivity contribution in [1.29, 1.82) is 0 Å². The molecule has 0 fully saturated rings. The number of phenols is 1. The van der Waals surface area contributed by atoms with Gasteiger partial charge in [-0.3, -0.25) is 4.72 Å². The third-order valence-electron chi connectivity index (χ3n) is 2.74. The maximum absolute atomic E-state index is 12.3. The van der Waals surface area contributed by atoms with Crippen molar-refractivity contribution in [2.24, 2.45) is 0 Å². The molecule has 2 rings (SSSR count). The molecule has 7 nitrogen and oxygen atoms in total. The van der Waals surface area contributed by atoms with Crippen LogP contribution in [0.2, 0.25) is 5.15 Å². The molecule has 2 aromatic rings. The number of esters is 1. The first-order valence-electron chi connectivity index (χ1n) is 6.00. The SMILES string of the molecule is COC(=O)c1ccc(NS(=O)(=O)c2cnc(Cl)c(Br)c2)cc1O. The fourth-order valence-corrected chi connectivity index (χ4v) is 3.27. The maximum Gasteiger partial charge on any atom is 0.341 e. The Labute approximate surface area is 145 Å². The number of pyridine rings is 1. The van der Waals surface area contributed by atoms with Gasteiger partial charge in [0.1, 0.15) is 21.4 Å². The predicted molar refractivity (Wildman–Crippen MR) is 87.2 cm³/mol. The molecular weight excluding hydrogens is 412 g/mol. The Kier molecular flexibility index (Phi) is 5.12. The lowest BCUT2D eigenvalue weighted by molar-refractivity contribution is 0.0597. The predicted octanol–water partition coefficient (Wildman–Crippen LogP) is 2.79. The number of aromatic nitrogens is 1. The van der Waals surface area contributed by atoms with Gasteiger partial charge in [0.2, 0.25) is 0 Å². The van der Waals surface area contributed by atoms with Crippen molar-refractivity contribution in [3.8, 4) is 5.75 Å². The number of methoxy groups -OCH3 is 1. The van der Waals surface area contributed by atoms with Crippen LogP contribution in [0, 0.1) is 0 Å². The van der Waals surface area contributed by atoms with E-state index in [1.807, 2.05) is 0 Å². The number of aromatic hydroxyl groups is 1. The number of hydrogen-bond donors (Lipinski definition) is 2. The molecule has 0 aliphatic rings. The minimum atomic E-state index is -3.94. The topological polar surface area (TPSA) is 106 Å². The summed E-state index contributed by atoms with van der Waals surface area (Å²) in [5.74, 6) is -1.14. The average Bonchev–Trinajstić information content (AvgIpc) is 2.49. The van der Waals surface area contributed by atoms with Crippen LogP contribution >= 0.6 is 27.5 Å². The summed E-state index contributed by atoms with van der Waals surface area (Å²) in [4.78, 5) is 15.0. The number of anilines is 1. The first-order chi connectivity index (χ1) is 10.7. The summed E-state index contributed by atoms with van der Waals surface area (Å²) in [6.07, 6.45) is 1.10. The van der Waals surface area contributed by atoms with Gasteiger partial charge in [0.15, 0.2) is 0 Å². The largest absolute Gasteiger partial charge is 0.507 e. The quantitative estimate of drug-likeness (QED) is 0.581. The third kappa shape index (κ3) is 3.92. The van der Waals surface area contributed by atoms with E-state index in [1.165, 1.54) is 25.3 Å². The van der Waals surface area contributed by atoms with Crippen LogP contribution in [0.1, 0.15) is 10.4 Å². The molecule has 0 unspecified atom stereocenters. The fourth-order valence-electron chi connectivity index (χ4n) is 1.64. The lowest BCUT2D eigenvalue weighted by Crippen LogP contribution is -2.13. The molecule has 1 aromatic heterocycles. The van der Waals surface area contributed by atoms with Gasteiger partial charge in [-0.25, -0.2) is 18.2 Å². The molecule has 0 bridgehead atoms. The molecule has 0 radical (unpaired) electrons. The second-order valence-electron chi connectivity index (χ2n) is 4.27. The summed E-state index contributed by atoms with van der Waals surface area (Å²) in [6, 6.07) is 4.96. The van der Waals surface area contributed by atoms with Gasteiger partial charge in [-0.1, -0.05) is 11.6 Å². The number of halogens is 2. The van der Waals surface area contributed by atoms with Crippen LogP contribution in [0.15, 0.2) is 39.8 Å². The van der Waals surface area contributed by atoms with Crippen molar-refractivity contribution < 1.29 is 23.1 Å². The van der Waals surface area contributed by atoms with E-state index in [0.29, 0.717) is 4.47 Å². The van der Waals surface area contributed by atoms with Crippen LogP contribution in [0.3, 0.4) is 0 Å². The summed E-state index contributed by atoms with van der Waals surface area (Å²) < 4.78 is 31.6. The lowest BCUT2D eigenvalue weighted by atomic mass is 10.2. The molecule has 0 aliphatic carbocycles. The number of sulfonamides is 1. The van der Waals surface area contributed by atoms with Gasteiger partial charge in [0.25, 0.3) is 10.0 Å². The number of carbonyl (C=O) groups is 1. The first-order valence-corrected chi connectivity index (χ1v) is 8.65. The molecule has 0 saturated carbocycles. The number of carbonyl (C=O) groups excluding carboxylic acids is 1. The number of nitrogens with zero attached hydrogens (tertiary/aromatic N) is 1. The third-order valence-corrected chi connectivity index (χ3v) is 5.22. The Morgan fingerprint density at radius 2 is 2.09 bits per heavy atom.